The Hall–Kier alpha value is -1.96. The first-order valence-corrected chi connectivity index (χ1v) is 3.39. The van der Waals surface area contributed by atoms with Crippen LogP contribution < -0.4 is 0 Å². The number of imidazole rings is 1. The maximum atomic E-state index is 8.68. The summed E-state index contributed by atoms with van der Waals surface area (Å²) >= 11 is 0. The van der Waals surface area contributed by atoms with Gasteiger partial charge in [-0.1, -0.05) is 0 Å². The minimum Gasteiger partial charge on any atom is -0.329 e. The SMILES string of the molecule is Cc1nc(C#N)c2nc[nH]c2n1. The molecule has 0 radical (unpaired) electrons. The van der Waals surface area contributed by atoms with Gasteiger partial charge < -0.3 is 4.98 Å². The molecule has 0 bridgehead atoms. The molecule has 0 aromatic carbocycles. The second kappa shape index (κ2) is 2.27. The Morgan fingerprint density at radius 3 is 3.08 bits per heavy atom. The number of nitrogens with one attached hydrogen (secondary N) is 1. The van der Waals surface area contributed by atoms with Gasteiger partial charge in [0.1, 0.15) is 17.4 Å². The van der Waals surface area contributed by atoms with Crippen LogP contribution >= 0.6 is 0 Å². The van der Waals surface area contributed by atoms with Crippen molar-refractivity contribution in [2.45, 2.75) is 6.92 Å². The molecule has 0 aliphatic carbocycles. The molecule has 0 spiro atoms. The number of aryl methyl sites for hydroxylation is 1. The van der Waals surface area contributed by atoms with E-state index in [9.17, 15) is 0 Å². The van der Waals surface area contributed by atoms with Crippen LogP contribution in [-0.4, -0.2) is 19.9 Å². The number of nitrogens with zero attached hydrogens (tertiary/aromatic N) is 4. The Balaban J connectivity index is 2.91. The predicted octanol–water partition coefficient (Wildman–Crippen LogP) is 0.533. The molecule has 0 saturated heterocycles. The van der Waals surface area contributed by atoms with Crippen molar-refractivity contribution in [1.29, 1.82) is 5.26 Å². The van der Waals surface area contributed by atoms with E-state index in [-0.39, 0.29) is 0 Å². The van der Waals surface area contributed by atoms with Crippen molar-refractivity contribution in [2.75, 3.05) is 0 Å². The summed E-state index contributed by atoms with van der Waals surface area (Å²) in [7, 11) is 0. The van der Waals surface area contributed by atoms with Crippen LogP contribution in [0.2, 0.25) is 0 Å². The van der Waals surface area contributed by atoms with E-state index < -0.39 is 0 Å². The Morgan fingerprint density at radius 1 is 1.50 bits per heavy atom. The molecule has 2 aromatic heterocycles. The number of aromatic amines is 1. The monoisotopic (exact) mass is 159 g/mol. The van der Waals surface area contributed by atoms with Crippen LogP contribution in [0.4, 0.5) is 0 Å². The highest BCUT2D eigenvalue weighted by molar-refractivity contribution is 5.75. The highest BCUT2D eigenvalue weighted by atomic mass is 15.0. The average Bonchev–Trinajstić information content (AvgIpc) is 2.50. The van der Waals surface area contributed by atoms with Gasteiger partial charge in [0.05, 0.1) is 6.33 Å². The second-order valence-corrected chi connectivity index (χ2v) is 2.33. The van der Waals surface area contributed by atoms with Gasteiger partial charge in [-0.2, -0.15) is 5.26 Å². The van der Waals surface area contributed by atoms with Crippen LogP contribution in [0, 0.1) is 18.3 Å². The molecule has 0 atom stereocenters. The number of hydrogen-bond acceptors (Lipinski definition) is 4. The number of nitriles is 1. The zero-order chi connectivity index (χ0) is 8.55. The smallest absolute Gasteiger partial charge is 0.172 e. The first-order valence-electron chi connectivity index (χ1n) is 3.39. The van der Waals surface area contributed by atoms with E-state index in [1.165, 1.54) is 6.33 Å². The van der Waals surface area contributed by atoms with Gasteiger partial charge in [-0.3, -0.25) is 0 Å². The van der Waals surface area contributed by atoms with E-state index in [1.54, 1.807) is 6.92 Å². The molecule has 0 aliphatic rings. The van der Waals surface area contributed by atoms with Crippen LogP contribution in [0.1, 0.15) is 11.5 Å². The summed E-state index contributed by atoms with van der Waals surface area (Å²) in [4.78, 5) is 14.8. The van der Waals surface area contributed by atoms with Crippen molar-refractivity contribution in [3.05, 3.63) is 17.8 Å². The van der Waals surface area contributed by atoms with Crippen LogP contribution in [0.5, 0.6) is 0 Å². The first-order chi connectivity index (χ1) is 5.81. The van der Waals surface area contributed by atoms with Crippen molar-refractivity contribution in [1.82, 2.24) is 19.9 Å². The van der Waals surface area contributed by atoms with Gasteiger partial charge in [0.25, 0.3) is 0 Å². The lowest BCUT2D eigenvalue weighted by atomic mass is 10.4. The van der Waals surface area contributed by atoms with E-state index in [4.69, 9.17) is 5.26 Å². The Bertz CT molecular complexity index is 464. The summed E-state index contributed by atoms with van der Waals surface area (Å²) in [5.41, 5.74) is 1.46. The van der Waals surface area contributed by atoms with Gasteiger partial charge in [0.15, 0.2) is 11.3 Å². The molecule has 2 rings (SSSR count). The van der Waals surface area contributed by atoms with Crippen molar-refractivity contribution in [3.63, 3.8) is 0 Å². The number of hydrogen-bond donors (Lipinski definition) is 1. The summed E-state index contributed by atoms with van der Waals surface area (Å²) in [6, 6.07) is 1.96. The van der Waals surface area contributed by atoms with E-state index in [1.807, 2.05) is 6.07 Å². The normalized spacial score (nSPS) is 10.0. The van der Waals surface area contributed by atoms with Crippen molar-refractivity contribution >= 4 is 11.2 Å². The van der Waals surface area contributed by atoms with E-state index in [0.29, 0.717) is 22.7 Å². The van der Waals surface area contributed by atoms with Gasteiger partial charge in [-0.25, -0.2) is 15.0 Å². The Kier molecular flexibility index (Phi) is 1.27. The molecule has 12 heavy (non-hydrogen) atoms. The molecule has 0 unspecified atom stereocenters. The molecule has 5 heteroatoms. The summed E-state index contributed by atoms with van der Waals surface area (Å²) < 4.78 is 0. The lowest BCUT2D eigenvalue weighted by Gasteiger charge is -1.92. The molecule has 2 aromatic rings. The van der Waals surface area contributed by atoms with E-state index >= 15 is 0 Å². The predicted molar refractivity (Wildman–Crippen MR) is 41.1 cm³/mol. The Morgan fingerprint density at radius 2 is 2.33 bits per heavy atom. The minimum atomic E-state index is 0.318. The van der Waals surface area contributed by atoms with Crippen LogP contribution in [-0.2, 0) is 0 Å². The third-order valence-corrected chi connectivity index (χ3v) is 1.50. The molecular weight excluding hydrogens is 154 g/mol. The molecular formula is C7H5N5. The molecule has 5 nitrogen and oxygen atoms in total. The molecule has 0 fully saturated rings. The average molecular weight is 159 g/mol. The molecule has 58 valence electrons. The van der Waals surface area contributed by atoms with Crippen LogP contribution in [0.3, 0.4) is 0 Å². The lowest BCUT2D eigenvalue weighted by Crippen LogP contribution is -1.92. The Labute approximate surface area is 68.1 Å². The summed E-state index contributed by atoms with van der Waals surface area (Å²) in [6.45, 7) is 1.74. The van der Waals surface area contributed by atoms with Gasteiger partial charge in [-0.05, 0) is 6.92 Å². The third kappa shape index (κ3) is 0.820. The van der Waals surface area contributed by atoms with Gasteiger partial charge in [-0.15, -0.1) is 0 Å². The zero-order valence-corrected chi connectivity index (χ0v) is 6.37. The van der Waals surface area contributed by atoms with Crippen LogP contribution in [0.15, 0.2) is 6.33 Å². The van der Waals surface area contributed by atoms with Crippen LogP contribution in [0.25, 0.3) is 11.2 Å². The summed E-state index contributed by atoms with van der Waals surface area (Å²) in [5.74, 6) is 0.573. The quantitative estimate of drug-likeness (QED) is 0.608. The molecule has 2 heterocycles. The lowest BCUT2D eigenvalue weighted by molar-refractivity contribution is 1.06. The fourth-order valence-electron chi connectivity index (χ4n) is 1.03. The van der Waals surface area contributed by atoms with Crippen molar-refractivity contribution in [2.24, 2.45) is 0 Å². The fourth-order valence-corrected chi connectivity index (χ4v) is 1.03. The topological polar surface area (TPSA) is 78.2 Å². The molecule has 1 N–H and O–H groups in total. The largest absolute Gasteiger partial charge is 0.329 e. The number of fused-ring (bicyclic) bond motifs is 1. The summed E-state index contributed by atoms with van der Waals surface area (Å²) in [6.07, 6.45) is 1.50. The number of rotatable bonds is 0. The van der Waals surface area contributed by atoms with Crippen molar-refractivity contribution in [3.8, 4) is 6.07 Å². The minimum absolute atomic E-state index is 0.318. The molecule has 0 saturated carbocycles. The molecule has 0 aliphatic heterocycles. The van der Waals surface area contributed by atoms with Crippen molar-refractivity contribution < 1.29 is 0 Å². The van der Waals surface area contributed by atoms with Gasteiger partial charge in [0.2, 0.25) is 0 Å². The number of H-pyrrole nitrogens is 1. The second-order valence-electron chi connectivity index (χ2n) is 2.33. The summed E-state index contributed by atoms with van der Waals surface area (Å²) in [5, 5.41) is 8.68. The maximum absolute atomic E-state index is 8.68. The number of aromatic nitrogens is 4. The van der Waals surface area contributed by atoms with E-state index in [0.717, 1.165) is 0 Å². The molecule has 0 amide bonds. The maximum Gasteiger partial charge on any atom is 0.172 e. The highest BCUT2D eigenvalue weighted by Crippen LogP contribution is 2.09. The standard InChI is InChI=1S/C7H5N5/c1-4-11-5(2-8)6-7(12-4)10-3-9-6/h3H,1H3,(H,9,10,11,12). The third-order valence-electron chi connectivity index (χ3n) is 1.50. The van der Waals surface area contributed by atoms with E-state index in [2.05, 4.69) is 19.9 Å². The first kappa shape index (κ1) is 6.73. The zero-order valence-electron chi connectivity index (χ0n) is 6.37. The van der Waals surface area contributed by atoms with Gasteiger partial charge in [0, 0.05) is 0 Å². The van der Waals surface area contributed by atoms with Gasteiger partial charge >= 0.3 is 0 Å². The fraction of sp³-hybridized carbons (Fsp3) is 0.143. The highest BCUT2D eigenvalue weighted by Gasteiger charge is 2.05.